The Labute approximate surface area is 176 Å². The molecule has 1 saturated heterocycles. The first-order chi connectivity index (χ1) is 14.4. The predicted molar refractivity (Wildman–Crippen MR) is 112 cm³/mol. The molecule has 0 spiro atoms. The summed E-state index contributed by atoms with van der Waals surface area (Å²) in [7, 11) is 0. The van der Waals surface area contributed by atoms with Crippen LogP contribution in [0, 0.1) is 23.2 Å². The van der Waals surface area contributed by atoms with Crippen molar-refractivity contribution in [2.75, 3.05) is 0 Å². The van der Waals surface area contributed by atoms with Crippen molar-refractivity contribution in [2.45, 2.75) is 63.6 Å². The minimum atomic E-state index is -0.413. The Morgan fingerprint density at radius 3 is 2.63 bits per heavy atom. The highest BCUT2D eigenvalue weighted by molar-refractivity contribution is 5.94. The molecule has 5 fully saturated rings. The summed E-state index contributed by atoms with van der Waals surface area (Å²) < 4.78 is 5.67. The van der Waals surface area contributed by atoms with E-state index in [4.69, 9.17) is 4.74 Å². The van der Waals surface area contributed by atoms with Gasteiger partial charge in [0.15, 0.2) is 0 Å². The molecule has 4 saturated carbocycles. The number of aromatic nitrogens is 1. The molecule has 1 aliphatic heterocycles. The van der Waals surface area contributed by atoms with Gasteiger partial charge < -0.3 is 9.64 Å². The number of hydrogen-bond acceptors (Lipinski definition) is 4. The number of fused-ring (bicyclic) bond motifs is 1. The van der Waals surface area contributed by atoms with Gasteiger partial charge in [-0.25, -0.2) is 0 Å². The van der Waals surface area contributed by atoms with Crippen LogP contribution in [0.25, 0.3) is 10.8 Å². The molecule has 4 bridgehead atoms. The monoisotopic (exact) mass is 404 g/mol. The quantitative estimate of drug-likeness (QED) is 0.564. The topological polar surface area (TPSA) is 59.5 Å². The largest absolute Gasteiger partial charge is 0.461 e. The highest BCUT2D eigenvalue weighted by Gasteiger charge is 2.65. The van der Waals surface area contributed by atoms with E-state index < -0.39 is 5.41 Å². The first-order valence-corrected chi connectivity index (χ1v) is 11.2. The first kappa shape index (κ1) is 18.3. The van der Waals surface area contributed by atoms with Crippen molar-refractivity contribution in [1.29, 1.82) is 0 Å². The van der Waals surface area contributed by atoms with Gasteiger partial charge in [-0.15, -0.1) is 0 Å². The van der Waals surface area contributed by atoms with Gasteiger partial charge in [0, 0.05) is 23.8 Å². The van der Waals surface area contributed by atoms with Crippen LogP contribution in [0.5, 0.6) is 0 Å². The van der Waals surface area contributed by atoms with E-state index in [0.717, 1.165) is 37.5 Å². The molecule has 1 amide bonds. The number of benzene rings is 1. The Hall–Kier alpha value is -2.43. The maximum absolute atomic E-state index is 13.5. The van der Waals surface area contributed by atoms with Gasteiger partial charge in [0.2, 0.25) is 5.91 Å². The van der Waals surface area contributed by atoms with Crippen LogP contribution < -0.4 is 0 Å². The van der Waals surface area contributed by atoms with Gasteiger partial charge in [0.1, 0.15) is 5.60 Å². The van der Waals surface area contributed by atoms with Crippen molar-refractivity contribution in [3.63, 3.8) is 0 Å². The molecule has 1 aromatic heterocycles. The second-order valence-corrected chi connectivity index (χ2v) is 10.6. The normalized spacial score (nSPS) is 38.5. The van der Waals surface area contributed by atoms with E-state index in [1.807, 2.05) is 12.4 Å². The van der Waals surface area contributed by atoms with Crippen LogP contribution in [0.1, 0.15) is 57.6 Å². The molecule has 1 aromatic carbocycles. The van der Waals surface area contributed by atoms with Crippen molar-refractivity contribution in [2.24, 2.45) is 23.2 Å². The summed E-state index contributed by atoms with van der Waals surface area (Å²) in [5.41, 5.74) is 0.536. The summed E-state index contributed by atoms with van der Waals surface area (Å²) in [4.78, 5) is 31.1. The average Bonchev–Trinajstić information content (AvgIpc) is 2.71. The van der Waals surface area contributed by atoms with E-state index in [2.05, 4.69) is 48.0 Å². The summed E-state index contributed by atoms with van der Waals surface area (Å²) in [5.74, 6) is 1.75. The third kappa shape index (κ3) is 2.32. The van der Waals surface area contributed by atoms with E-state index in [-0.39, 0.29) is 23.6 Å². The number of carbonyl (C=O) groups is 2. The Morgan fingerprint density at radius 2 is 1.90 bits per heavy atom. The van der Waals surface area contributed by atoms with Gasteiger partial charge in [-0.1, -0.05) is 18.2 Å². The maximum Gasteiger partial charge on any atom is 0.293 e. The summed E-state index contributed by atoms with van der Waals surface area (Å²) in [6, 6.07) is 8.76. The standard InChI is InChI=1S/C25H28N2O3/c1-24(2)22(20-5-3-4-16-13-26-7-6-19(16)20)27(23(24)29)21-17-8-15-9-18(21)12-25(10-15,11-17)30-14-28/h3-7,13-15,17-18,21-22H,8-12H2,1-2H3. The lowest BCUT2D eigenvalue weighted by Crippen LogP contribution is -2.71. The minimum absolute atomic E-state index is 0.0709. The van der Waals surface area contributed by atoms with Crippen molar-refractivity contribution < 1.29 is 14.3 Å². The molecule has 3 unspecified atom stereocenters. The van der Waals surface area contributed by atoms with Crippen LogP contribution in [0.2, 0.25) is 0 Å². The van der Waals surface area contributed by atoms with Gasteiger partial charge in [0.05, 0.1) is 11.5 Å². The molecule has 156 valence electrons. The van der Waals surface area contributed by atoms with E-state index >= 15 is 0 Å². The third-order valence-electron chi connectivity index (χ3n) is 8.54. The number of rotatable bonds is 4. The summed E-state index contributed by atoms with van der Waals surface area (Å²) >= 11 is 0. The number of ether oxygens (including phenoxy) is 1. The Bertz CT molecular complexity index is 1030. The zero-order chi connectivity index (χ0) is 20.7. The van der Waals surface area contributed by atoms with Gasteiger partial charge >= 0.3 is 0 Å². The average molecular weight is 405 g/mol. The molecule has 30 heavy (non-hydrogen) atoms. The first-order valence-electron chi connectivity index (χ1n) is 11.2. The lowest BCUT2D eigenvalue weighted by atomic mass is 9.50. The summed E-state index contributed by atoms with van der Waals surface area (Å²) in [6.07, 6.45) is 8.86. The van der Waals surface area contributed by atoms with Crippen molar-refractivity contribution >= 4 is 23.2 Å². The molecular weight excluding hydrogens is 376 g/mol. The lowest BCUT2D eigenvalue weighted by molar-refractivity contribution is -0.214. The Balaban J connectivity index is 1.41. The van der Waals surface area contributed by atoms with Gasteiger partial charge in [0.25, 0.3) is 6.47 Å². The van der Waals surface area contributed by atoms with Crippen LogP contribution in [0.4, 0.5) is 0 Å². The molecule has 2 aromatic rings. The minimum Gasteiger partial charge on any atom is -0.461 e. The van der Waals surface area contributed by atoms with E-state index in [1.54, 1.807) is 0 Å². The fourth-order valence-electron chi connectivity index (χ4n) is 7.70. The highest BCUT2D eigenvalue weighted by atomic mass is 16.5. The van der Waals surface area contributed by atoms with Crippen LogP contribution in [-0.4, -0.2) is 33.9 Å². The van der Waals surface area contributed by atoms with E-state index in [1.165, 1.54) is 10.9 Å². The number of nitrogens with zero attached hydrogens (tertiary/aromatic N) is 2. The number of β-lactam (4-membered cyclic amide) rings is 1. The predicted octanol–water partition coefficient (Wildman–Crippen LogP) is 4.26. The fraction of sp³-hybridized carbons (Fsp3) is 0.560. The van der Waals surface area contributed by atoms with Crippen LogP contribution in [0.3, 0.4) is 0 Å². The van der Waals surface area contributed by atoms with Crippen molar-refractivity contribution in [3.8, 4) is 0 Å². The molecular formula is C25H28N2O3. The highest BCUT2D eigenvalue weighted by Crippen LogP contribution is 2.62. The Kier molecular flexibility index (Phi) is 3.70. The third-order valence-corrected chi connectivity index (χ3v) is 8.54. The molecule has 5 aliphatic rings. The maximum atomic E-state index is 13.5. The molecule has 3 atom stereocenters. The van der Waals surface area contributed by atoms with Crippen molar-refractivity contribution in [3.05, 3.63) is 42.2 Å². The van der Waals surface area contributed by atoms with Gasteiger partial charge in [-0.3, -0.25) is 14.6 Å². The summed E-state index contributed by atoms with van der Waals surface area (Å²) in [5, 5.41) is 2.31. The Morgan fingerprint density at radius 1 is 1.13 bits per heavy atom. The summed E-state index contributed by atoms with van der Waals surface area (Å²) in [6.45, 7) is 4.82. The molecule has 5 heteroatoms. The fourth-order valence-corrected chi connectivity index (χ4v) is 7.70. The van der Waals surface area contributed by atoms with Crippen LogP contribution in [-0.2, 0) is 14.3 Å². The zero-order valence-corrected chi connectivity index (χ0v) is 17.6. The second-order valence-electron chi connectivity index (χ2n) is 10.6. The molecule has 4 aliphatic carbocycles. The van der Waals surface area contributed by atoms with Crippen LogP contribution >= 0.6 is 0 Å². The van der Waals surface area contributed by atoms with Gasteiger partial charge in [-0.2, -0.15) is 0 Å². The van der Waals surface area contributed by atoms with Crippen LogP contribution in [0.15, 0.2) is 36.7 Å². The molecule has 2 heterocycles. The SMILES string of the molecule is CC1(C)C(=O)N(C2C3CC4CC2CC(OC=O)(C4)C3)C1c1cccc2cnccc12. The number of likely N-dealkylation sites (tertiary alicyclic amines) is 1. The van der Waals surface area contributed by atoms with Gasteiger partial charge in [-0.05, 0) is 80.7 Å². The number of amides is 1. The smallest absolute Gasteiger partial charge is 0.293 e. The molecule has 0 N–H and O–H groups in total. The number of carbonyl (C=O) groups excluding carboxylic acids is 2. The molecule has 0 radical (unpaired) electrons. The number of pyridine rings is 1. The molecule has 7 rings (SSSR count). The number of hydrogen-bond donors (Lipinski definition) is 0. The van der Waals surface area contributed by atoms with E-state index in [0.29, 0.717) is 24.2 Å². The molecule has 5 nitrogen and oxygen atoms in total. The zero-order valence-electron chi connectivity index (χ0n) is 17.6. The lowest BCUT2D eigenvalue weighted by Gasteiger charge is -2.66. The van der Waals surface area contributed by atoms with Crippen molar-refractivity contribution in [1.82, 2.24) is 9.88 Å². The second kappa shape index (κ2) is 6.05. The van der Waals surface area contributed by atoms with E-state index in [9.17, 15) is 9.59 Å².